The first-order valence-corrected chi connectivity index (χ1v) is 5.98. The molecule has 0 unspecified atom stereocenters. The fourth-order valence-corrected chi connectivity index (χ4v) is 1.35. The maximum absolute atomic E-state index is 13.6. The highest BCUT2D eigenvalue weighted by atomic mass is 79.9. The summed E-state index contributed by atoms with van der Waals surface area (Å²) in [5, 5.41) is 0. The Hall–Kier alpha value is -1.43. The zero-order chi connectivity index (χ0) is 13.9. The summed E-state index contributed by atoms with van der Waals surface area (Å²) < 4.78 is 13.7. The molecule has 0 fully saturated rings. The van der Waals surface area contributed by atoms with E-state index in [-0.39, 0.29) is 10.0 Å². The second-order valence-electron chi connectivity index (χ2n) is 4.67. The maximum atomic E-state index is 13.6. The first-order chi connectivity index (χ1) is 8.23. The summed E-state index contributed by atoms with van der Waals surface area (Å²) in [6, 6.07) is 4.27. The van der Waals surface area contributed by atoms with Crippen LogP contribution in [0.1, 0.15) is 31.1 Å². The number of rotatable bonds is 1. The van der Waals surface area contributed by atoms with Crippen LogP contribution in [0.15, 0.2) is 22.7 Å². The van der Waals surface area contributed by atoms with Gasteiger partial charge in [0.1, 0.15) is 5.82 Å². The lowest BCUT2D eigenvalue weighted by molar-refractivity contribution is -0.158. The third-order valence-electron chi connectivity index (χ3n) is 2.05. The minimum absolute atomic E-state index is 0.164. The van der Waals surface area contributed by atoms with Gasteiger partial charge in [0, 0.05) is 0 Å². The molecule has 0 saturated carbocycles. The summed E-state index contributed by atoms with van der Waals surface area (Å²) in [7, 11) is 0. The maximum Gasteiger partial charge on any atom is 0.337 e. The Morgan fingerprint density at radius 2 is 1.94 bits per heavy atom. The third-order valence-corrected chi connectivity index (χ3v) is 2.66. The number of hydroxylamine groups is 1. The largest absolute Gasteiger partial charge is 0.340 e. The summed E-state index contributed by atoms with van der Waals surface area (Å²) >= 11 is 2.96. The summed E-state index contributed by atoms with van der Waals surface area (Å²) in [5.74, 6) is -2.13. The molecule has 1 N–H and O–H groups in total. The van der Waals surface area contributed by atoms with Crippen molar-refractivity contribution in [1.29, 1.82) is 0 Å². The van der Waals surface area contributed by atoms with Gasteiger partial charge >= 0.3 is 5.97 Å². The molecule has 1 aromatic rings. The number of amides is 1. The molecule has 0 bridgehead atoms. The van der Waals surface area contributed by atoms with Gasteiger partial charge in [-0.15, -0.1) is 0 Å². The van der Waals surface area contributed by atoms with Gasteiger partial charge < -0.3 is 4.84 Å². The second-order valence-corrected chi connectivity index (χ2v) is 5.53. The van der Waals surface area contributed by atoms with E-state index in [4.69, 9.17) is 0 Å². The lowest BCUT2D eigenvalue weighted by Crippen LogP contribution is -2.33. The van der Waals surface area contributed by atoms with Crippen molar-refractivity contribution in [3.05, 3.63) is 34.1 Å². The Kier molecular flexibility index (Phi) is 4.45. The molecule has 4 nitrogen and oxygen atoms in total. The lowest BCUT2D eigenvalue weighted by Gasteiger charge is -2.16. The molecule has 0 radical (unpaired) electrons. The van der Waals surface area contributed by atoms with Crippen molar-refractivity contribution in [2.24, 2.45) is 5.41 Å². The van der Waals surface area contributed by atoms with Crippen molar-refractivity contribution in [3.8, 4) is 0 Å². The van der Waals surface area contributed by atoms with Gasteiger partial charge in [0.25, 0.3) is 5.91 Å². The van der Waals surface area contributed by atoms with Crippen LogP contribution in [0.3, 0.4) is 0 Å². The van der Waals surface area contributed by atoms with Crippen LogP contribution in [0, 0.1) is 11.2 Å². The van der Waals surface area contributed by atoms with Gasteiger partial charge in [0.05, 0.1) is 15.5 Å². The predicted octanol–water partition coefficient (Wildman–Crippen LogP) is 2.82. The number of hydrogen-bond donors (Lipinski definition) is 1. The Labute approximate surface area is 113 Å². The molecule has 18 heavy (non-hydrogen) atoms. The summed E-state index contributed by atoms with van der Waals surface area (Å²) in [4.78, 5) is 27.6. The number of halogens is 2. The van der Waals surface area contributed by atoms with Crippen molar-refractivity contribution in [2.45, 2.75) is 20.8 Å². The van der Waals surface area contributed by atoms with E-state index in [0.29, 0.717) is 0 Å². The molecule has 0 spiro atoms. The highest BCUT2D eigenvalue weighted by Gasteiger charge is 2.25. The van der Waals surface area contributed by atoms with Gasteiger partial charge in [-0.2, -0.15) is 5.48 Å². The van der Waals surface area contributed by atoms with Crippen LogP contribution in [0.5, 0.6) is 0 Å². The van der Waals surface area contributed by atoms with E-state index in [0.717, 1.165) is 0 Å². The summed E-state index contributed by atoms with van der Waals surface area (Å²) in [6.07, 6.45) is 0. The molecule has 0 aliphatic carbocycles. The molecule has 1 aromatic carbocycles. The zero-order valence-corrected chi connectivity index (χ0v) is 11.8. The van der Waals surface area contributed by atoms with Gasteiger partial charge in [-0.25, -0.2) is 9.18 Å². The fourth-order valence-electron chi connectivity index (χ4n) is 0.980. The first-order valence-electron chi connectivity index (χ1n) is 5.19. The van der Waals surface area contributed by atoms with Gasteiger partial charge in [-0.3, -0.25) is 4.79 Å². The van der Waals surface area contributed by atoms with E-state index < -0.39 is 23.1 Å². The fraction of sp³-hybridized carbons (Fsp3) is 0.333. The molecular weight excluding hydrogens is 305 g/mol. The highest BCUT2D eigenvalue weighted by Crippen LogP contribution is 2.19. The van der Waals surface area contributed by atoms with E-state index >= 15 is 0 Å². The predicted molar refractivity (Wildman–Crippen MR) is 67.1 cm³/mol. The molecule has 0 saturated heterocycles. The van der Waals surface area contributed by atoms with Gasteiger partial charge in [0.2, 0.25) is 0 Å². The molecule has 6 heteroatoms. The van der Waals surface area contributed by atoms with Crippen molar-refractivity contribution < 1.29 is 18.8 Å². The van der Waals surface area contributed by atoms with E-state index in [1.54, 1.807) is 20.8 Å². The molecule has 98 valence electrons. The Morgan fingerprint density at radius 1 is 1.33 bits per heavy atom. The topological polar surface area (TPSA) is 55.4 Å². The quantitative estimate of drug-likeness (QED) is 0.810. The van der Waals surface area contributed by atoms with E-state index in [1.165, 1.54) is 18.2 Å². The normalized spacial score (nSPS) is 10.9. The lowest BCUT2D eigenvalue weighted by atomic mass is 9.98. The van der Waals surface area contributed by atoms with Crippen LogP contribution in [0.25, 0.3) is 0 Å². The van der Waals surface area contributed by atoms with Crippen molar-refractivity contribution in [3.63, 3.8) is 0 Å². The molecule has 0 aromatic heterocycles. The van der Waals surface area contributed by atoms with Crippen molar-refractivity contribution in [1.82, 2.24) is 5.48 Å². The summed E-state index contributed by atoms with van der Waals surface area (Å²) in [6.45, 7) is 4.92. The molecule has 0 heterocycles. The number of benzene rings is 1. The number of carbonyl (C=O) groups excluding carboxylic acids is 2. The standard InChI is InChI=1S/C12H13BrFNO3/c1-12(2,3)11(17)18-15-10(16)7-5-4-6-8(13)9(7)14/h4-6H,1-3H3,(H,15,16). The van der Waals surface area contributed by atoms with Gasteiger partial charge in [0.15, 0.2) is 0 Å². The SMILES string of the molecule is CC(C)(C)C(=O)ONC(=O)c1cccc(Br)c1F. The molecular formula is C12H13BrFNO3. The average Bonchev–Trinajstić information content (AvgIpc) is 2.27. The zero-order valence-electron chi connectivity index (χ0n) is 10.2. The van der Waals surface area contributed by atoms with Crippen molar-refractivity contribution in [2.75, 3.05) is 0 Å². The molecule has 0 atom stereocenters. The minimum atomic E-state index is -0.814. The molecule has 0 aliphatic rings. The van der Waals surface area contributed by atoms with Crippen LogP contribution < -0.4 is 5.48 Å². The van der Waals surface area contributed by atoms with Crippen LogP contribution in [0.4, 0.5) is 4.39 Å². The molecule has 1 rings (SSSR count). The van der Waals surface area contributed by atoms with Crippen LogP contribution in [-0.2, 0) is 9.63 Å². The monoisotopic (exact) mass is 317 g/mol. The van der Waals surface area contributed by atoms with Gasteiger partial charge in [-0.05, 0) is 48.8 Å². The average molecular weight is 318 g/mol. The second kappa shape index (κ2) is 5.48. The molecule has 1 amide bonds. The third kappa shape index (κ3) is 3.53. The number of hydrogen-bond acceptors (Lipinski definition) is 3. The Balaban J connectivity index is 2.73. The minimum Gasteiger partial charge on any atom is -0.340 e. The number of nitrogens with one attached hydrogen (secondary N) is 1. The Morgan fingerprint density at radius 3 is 2.50 bits per heavy atom. The molecule has 0 aliphatic heterocycles. The van der Waals surface area contributed by atoms with E-state index in [9.17, 15) is 14.0 Å². The Bertz CT molecular complexity index is 483. The van der Waals surface area contributed by atoms with E-state index in [2.05, 4.69) is 20.8 Å². The van der Waals surface area contributed by atoms with Gasteiger partial charge in [-0.1, -0.05) is 6.07 Å². The van der Waals surface area contributed by atoms with Crippen LogP contribution >= 0.6 is 15.9 Å². The summed E-state index contributed by atoms with van der Waals surface area (Å²) in [5.41, 5.74) is 0.974. The van der Waals surface area contributed by atoms with Crippen LogP contribution in [0.2, 0.25) is 0 Å². The van der Waals surface area contributed by atoms with E-state index in [1.807, 2.05) is 5.48 Å². The van der Waals surface area contributed by atoms with Crippen LogP contribution in [-0.4, -0.2) is 11.9 Å². The smallest absolute Gasteiger partial charge is 0.337 e. The first kappa shape index (κ1) is 14.6. The van der Waals surface area contributed by atoms with Crippen molar-refractivity contribution >= 4 is 27.8 Å². The highest BCUT2D eigenvalue weighted by molar-refractivity contribution is 9.10. The number of carbonyl (C=O) groups is 2.